The molecule has 0 spiro atoms. The smallest absolute Gasteiger partial charge is 0.255 e. The van der Waals surface area contributed by atoms with Crippen LogP contribution in [0.4, 0.5) is 11.4 Å². The van der Waals surface area contributed by atoms with E-state index < -0.39 is 5.41 Å². The van der Waals surface area contributed by atoms with Gasteiger partial charge in [-0.2, -0.15) is 0 Å². The number of anilines is 2. The first-order valence-corrected chi connectivity index (χ1v) is 9.67. The van der Waals surface area contributed by atoms with Crippen LogP contribution in [0, 0.1) is 11.3 Å². The van der Waals surface area contributed by atoms with Crippen molar-refractivity contribution in [2.45, 2.75) is 34.6 Å². The van der Waals surface area contributed by atoms with Gasteiger partial charge in [-0.15, -0.1) is 0 Å². The summed E-state index contributed by atoms with van der Waals surface area (Å²) in [5, 5.41) is 8.48. The van der Waals surface area contributed by atoms with Gasteiger partial charge < -0.3 is 16.0 Å². The first-order chi connectivity index (χ1) is 13.6. The van der Waals surface area contributed by atoms with Gasteiger partial charge in [0.1, 0.15) is 0 Å². The molecule has 3 N–H and O–H groups in total. The Hall–Kier alpha value is -3.15. The molecule has 0 fully saturated rings. The molecule has 2 aromatic rings. The highest BCUT2D eigenvalue weighted by atomic mass is 16.2. The van der Waals surface area contributed by atoms with Gasteiger partial charge in [-0.25, -0.2) is 0 Å². The summed E-state index contributed by atoms with van der Waals surface area (Å²) in [6, 6.07) is 13.4. The molecule has 0 aliphatic rings. The van der Waals surface area contributed by atoms with Gasteiger partial charge in [0.05, 0.1) is 0 Å². The second-order valence-electron chi connectivity index (χ2n) is 8.42. The summed E-state index contributed by atoms with van der Waals surface area (Å²) in [6.45, 7) is 10.2. The average Bonchev–Trinajstić information content (AvgIpc) is 2.66. The molecule has 0 aliphatic carbocycles. The lowest BCUT2D eigenvalue weighted by molar-refractivity contribution is -0.123. The molecule has 29 heavy (non-hydrogen) atoms. The van der Waals surface area contributed by atoms with Crippen molar-refractivity contribution in [3.8, 4) is 0 Å². The molecule has 0 heterocycles. The molecule has 0 unspecified atom stereocenters. The SMILES string of the molecule is CC(C)CNC(=O)c1ccc(NC(=O)c2ccc(NC(=O)C(C)(C)C)cc2)cc1. The van der Waals surface area contributed by atoms with Crippen LogP contribution in [0.2, 0.25) is 0 Å². The van der Waals surface area contributed by atoms with Gasteiger partial charge in [0.2, 0.25) is 5.91 Å². The number of carbonyl (C=O) groups excluding carboxylic acids is 3. The summed E-state index contributed by atoms with van der Waals surface area (Å²) in [6.07, 6.45) is 0. The first-order valence-electron chi connectivity index (χ1n) is 9.67. The van der Waals surface area contributed by atoms with Crippen molar-refractivity contribution in [2.75, 3.05) is 17.2 Å². The van der Waals surface area contributed by atoms with E-state index in [9.17, 15) is 14.4 Å². The number of amides is 3. The highest BCUT2D eigenvalue weighted by Crippen LogP contribution is 2.18. The molecule has 3 amide bonds. The summed E-state index contributed by atoms with van der Waals surface area (Å²) < 4.78 is 0. The maximum Gasteiger partial charge on any atom is 0.255 e. The van der Waals surface area contributed by atoms with E-state index in [1.165, 1.54) is 0 Å². The average molecular weight is 396 g/mol. The fourth-order valence-electron chi connectivity index (χ4n) is 2.33. The summed E-state index contributed by atoms with van der Waals surface area (Å²) >= 11 is 0. The topological polar surface area (TPSA) is 87.3 Å². The molecular weight excluding hydrogens is 366 g/mol. The number of carbonyl (C=O) groups is 3. The Kier molecular flexibility index (Phi) is 7.15. The van der Waals surface area contributed by atoms with E-state index in [-0.39, 0.29) is 17.7 Å². The van der Waals surface area contributed by atoms with Gasteiger partial charge in [0.15, 0.2) is 0 Å². The largest absolute Gasteiger partial charge is 0.352 e. The maximum absolute atomic E-state index is 12.4. The Labute approximate surface area is 172 Å². The van der Waals surface area contributed by atoms with Gasteiger partial charge in [0.25, 0.3) is 11.8 Å². The Morgan fingerprint density at radius 3 is 1.66 bits per heavy atom. The van der Waals surface area contributed by atoms with Crippen molar-refractivity contribution in [3.63, 3.8) is 0 Å². The van der Waals surface area contributed by atoms with Gasteiger partial charge in [-0.3, -0.25) is 14.4 Å². The molecule has 0 atom stereocenters. The second kappa shape index (κ2) is 9.37. The Bertz CT molecular complexity index is 864. The van der Waals surface area contributed by atoms with Crippen molar-refractivity contribution in [2.24, 2.45) is 11.3 Å². The molecule has 6 nitrogen and oxygen atoms in total. The third kappa shape index (κ3) is 6.75. The maximum atomic E-state index is 12.4. The van der Waals surface area contributed by atoms with Crippen LogP contribution >= 0.6 is 0 Å². The van der Waals surface area contributed by atoms with E-state index in [1.807, 2.05) is 34.6 Å². The molecule has 2 rings (SSSR count). The standard InChI is InChI=1S/C23H29N3O3/c1-15(2)14-24-20(27)16-6-10-18(11-7-16)25-21(28)17-8-12-19(13-9-17)26-22(29)23(3,4)5/h6-13,15H,14H2,1-5H3,(H,24,27)(H,25,28)(H,26,29). The minimum Gasteiger partial charge on any atom is -0.352 e. The van der Waals surface area contributed by atoms with Crippen molar-refractivity contribution in [1.29, 1.82) is 0 Å². The molecule has 154 valence electrons. The van der Waals surface area contributed by atoms with Crippen molar-refractivity contribution in [1.82, 2.24) is 5.32 Å². The predicted molar refractivity (Wildman–Crippen MR) is 116 cm³/mol. The number of hydrogen-bond donors (Lipinski definition) is 3. The molecular formula is C23H29N3O3. The third-order valence-corrected chi connectivity index (χ3v) is 4.16. The van der Waals surface area contributed by atoms with Crippen LogP contribution in [0.1, 0.15) is 55.3 Å². The fraction of sp³-hybridized carbons (Fsp3) is 0.348. The molecule has 0 saturated carbocycles. The van der Waals surface area contributed by atoms with E-state index in [0.29, 0.717) is 35.0 Å². The zero-order valence-corrected chi connectivity index (χ0v) is 17.6. The lowest BCUT2D eigenvalue weighted by Crippen LogP contribution is -2.27. The normalized spacial score (nSPS) is 11.1. The summed E-state index contributed by atoms with van der Waals surface area (Å²) in [5.74, 6) is -0.113. The second-order valence-corrected chi connectivity index (χ2v) is 8.42. The van der Waals surface area contributed by atoms with Gasteiger partial charge in [-0.05, 0) is 54.4 Å². The minimum absolute atomic E-state index is 0.0905. The van der Waals surface area contributed by atoms with Crippen molar-refractivity contribution in [3.05, 3.63) is 59.7 Å². The quantitative estimate of drug-likeness (QED) is 0.681. The van der Waals surface area contributed by atoms with E-state index in [4.69, 9.17) is 0 Å². The summed E-state index contributed by atoms with van der Waals surface area (Å²) in [5.41, 5.74) is 1.76. The zero-order valence-electron chi connectivity index (χ0n) is 17.6. The lowest BCUT2D eigenvalue weighted by Gasteiger charge is -2.17. The highest BCUT2D eigenvalue weighted by Gasteiger charge is 2.21. The highest BCUT2D eigenvalue weighted by molar-refractivity contribution is 6.05. The lowest BCUT2D eigenvalue weighted by atomic mass is 9.95. The molecule has 0 bridgehead atoms. The molecule has 2 aromatic carbocycles. The molecule has 0 aliphatic heterocycles. The molecule has 0 aromatic heterocycles. The van der Waals surface area contributed by atoms with E-state index in [0.717, 1.165) is 0 Å². The number of hydrogen-bond acceptors (Lipinski definition) is 3. The molecule has 6 heteroatoms. The predicted octanol–water partition coefficient (Wildman–Crippen LogP) is 4.31. The van der Waals surface area contributed by atoms with Crippen LogP contribution < -0.4 is 16.0 Å². The number of rotatable bonds is 6. The first kappa shape index (κ1) is 22.1. The van der Waals surface area contributed by atoms with Crippen LogP contribution in [0.3, 0.4) is 0 Å². The van der Waals surface area contributed by atoms with Crippen LogP contribution in [-0.2, 0) is 4.79 Å². The van der Waals surface area contributed by atoms with Crippen LogP contribution in [0.5, 0.6) is 0 Å². The van der Waals surface area contributed by atoms with Crippen LogP contribution in [0.15, 0.2) is 48.5 Å². The Morgan fingerprint density at radius 2 is 1.21 bits per heavy atom. The molecule has 0 radical (unpaired) electrons. The number of nitrogens with one attached hydrogen (secondary N) is 3. The summed E-state index contributed by atoms with van der Waals surface area (Å²) in [4.78, 5) is 36.5. The van der Waals surface area contributed by atoms with E-state index >= 15 is 0 Å². The van der Waals surface area contributed by atoms with Crippen molar-refractivity contribution >= 4 is 29.1 Å². The molecule has 0 saturated heterocycles. The monoisotopic (exact) mass is 395 g/mol. The third-order valence-electron chi connectivity index (χ3n) is 4.16. The van der Waals surface area contributed by atoms with E-state index in [1.54, 1.807) is 48.5 Å². The van der Waals surface area contributed by atoms with Crippen LogP contribution in [-0.4, -0.2) is 24.3 Å². The zero-order chi connectivity index (χ0) is 21.6. The van der Waals surface area contributed by atoms with E-state index in [2.05, 4.69) is 16.0 Å². The fourth-order valence-corrected chi connectivity index (χ4v) is 2.33. The summed E-state index contributed by atoms with van der Waals surface area (Å²) in [7, 11) is 0. The Morgan fingerprint density at radius 1 is 0.759 bits per heavy atom. The van der Waals surface area contributed by atoms with Gasteiger partial charge in [0, 0.05) is 34.5 Å². The van der Waals surface area contributed by atoms with Crippen molar-refractivity contribution < 1.29 is 14.4 Å². The van der Waals surface area contributed by atoms with Gasteiger partial charge in [-0.1, -0.05) is 34.6 Å². The minimum atomic E-state index is -0.492. The van der Waals surface area contributed by atoms with Gasteiger partial charge >= 0.3 is 0 Å². The van der Waals surface area contributed by atoms with Crippen LogP contribution in [0.25, 0.3) is 0 Å². The Balaban J connectivity index is 1.96. The number of benzene rings is 2.